The lowest BCUT2D eigenvalue weighted by Gasteiger charge is -2.05. The van der Waals surface area contributed by atoms with Crippen molar-refractivity contribution in [3.8, 4) is 5.75 Å². The van der Waals surface area contributed by atoms with E-state index >= 15 is 0 Å². The molecule has 0 aliphatic rings. The Bertz CT molecular complexity index is 505. The van der Waals surface area contributed by atoms with Crippen molar-refractivity contribution in [3.05, 3.63) is 48.0 Å². The van der Waals surface area contributed by atoms with E-state index in [2.05, 4.69) is 15.6 Å². The molecule has 0 saturated heterocycles. The van der Waals surface area contributed by atoms with Gasteiger partial charge in [-0.25, -0.2) is 4.98 Å². The number of hydrogen-bond donors (Lipinski definition) is 1. The third-order valence-corrected chi connectivity index (χ3v) is 2.72. The van der Waals surface area contributed by atoms with Crippen LogP contribution in [0.4, 0.5) is 0 Å². The maximum absolute atomic E-state index is 5.76. The molecule has 0 aliphatic heterocycles. The first-order valence-electron chi connectivity index (χ1n) is 6.06. The summed E-state index contributed by atoms with van der Waals surface area (Å²) in [6.45, 7) is 2.78. The second-order valence-electron chi connectivity index (χ2n) is 4.57. The average Bonchev–Trinajstić information content (AvgIpc) is 2.76. The monoisotopic (exact) mass is 245 g/mol. The molecule has 1 aromatic carbocycles. The van der Waals surface area contributed by atoms with E-state index in [1.807, 2.05) is 37.6 Å². The Morgan fingerprint density at radius 2 is 2.28 bits per heavy atom. The zero-order valence-electron chi connectivity index (χ0n) is 10.8. The van der Waals surface area contributed by atoms with Gasteiger partial charge in [0, 0.05) is 25.2 Å². The van der Waals surface area contributed by atoms with Crippen molar-refractivity contribution in [2.75, 3.05) is 7.11 Å². The van der Waals surface area contributed by atoms with Gasteiger partial charge in [-0.1, -0.05) is 12.1 Å². The molecular weight excluding hydrogens is 226 g/mol. The lowest BCUT2D eigenvalue weighted by atomic mass is 10.2. The summed E-state index contributed by atoms with van der Waals surface area (Å²) >= 11 is 0. The fraction of sp³-hybridized carbons (Fsp3) is 0.357. The number of ether oxygens (including phenoxy) is 1. The minimum atomic E-state index is 0.144. The average molecular weight is 245 g/mol. The van der Waals surface area contributed by atoms with Crippen molar-refractivity contribution in [1.82, 2.24) is 9.55 Å². The first kappa shape index (κ1) is 12.6. The Morgan fingerprint density at radius 3 is 3.00 bits per heavy atom. The van der Waals surface area contributed by atoms with E-state index in [-0.39, 0.29) is 6.04 Å². The Kier molecular flexibility index (Phi) is 3.99. The van der Waals surface area contributed by atoms with E-state index in [0.29, 0.717) is 0 Å². The number of aromatic nitrogens is 2. The highest BCUT2D eigenvalue weighted by molar-refractivity contribution is 5.28. The van der Waals surface area contributed by atoms with Gasteiger partial charge in [-0.15, -0.1) is 0 Å². The number of methoxy groups -OCH3 is 1. The molecule has 1 heterocycles. The molecule has 1 unspecified atom stereocenters. The lowest BCUT2D eigenvalue weighted by Crippen LogP contribution is -2.17. The van der Waals surface area contributed by atoms with Gasteiger partial charge in [0.1, 0.15) is 5.75 Å². The topological polar surface area (TPSA) is 53.1 Å². The number of benzene rings is 1. The number of nitrogens with two attached hydrogens (primary N) is 1. The minimum Gasteiger partial charge on any atom is -0.497 e. The largest absolute Gasteiger partial charge is 0.497 e. The second-order valence-corrected chi connectivity index (χ2v) is 4.57. The summed E-state index contributed by atoms with van der Waals surface area (Å²) in [4.78, 5) is 4.35. The fourth-order valence-corrected chi connectivity index (χ4v) is 1.91. The van der Waals surface area contributed by atoms with Gasteiger partial charge in [-0.05, 0) is 24.6 Å². The van der Waals surface area contributed by atoms with Crippen molar-refractivity contribution in [2.45, 2.75) is 25.9 Å². The minimum absolute atomic E-state index is 0.144. The second kappa shape index (κ2) is 5.69. The molecule has 4 nitrogen and oxygen atoms in total. The number of nitrogens with zero attached hydrogens (tertiary/aromatic N) is 2. The van der Waals surface area contributed by atoms with Crippen LogP contribution in [0.2, 0.25) is 0 Å². The predicted molar refractivity (Wildman–Crippen MR) is 71.7 cm³/mol. The summed E-state index contributed by atoms with van der Waals surface area (Å²) in [6, 6.07) is 8.19. The molecule has 0 bridgehead atoms. The maximum atomic E-state index is 5.76. The van der Waals surface area contributed by atoms with E-state index in [9.17, 15) is 0 Å². The van der Waals surface area contributed by atoms with Gasteiger partial charge in [0.15, 0.2) is 0 Å². The zero-order chi connectivity index (χ0) is 13.0. The van der Waals surface area contributed by atoms with Gasteiger partial charge in [0.2, 0.25) is 0 Å². The van der Waals surface area contributed by atoms with Gasteiger partial charge in [-0.3, -0.25) is 0 Å². The molecule has 2 rings (SSSR count). The molecule has 0 radical (unpaired) electrons. The van der Waals surface area contributed by atoms with Crippen LogP contribution in [0.15, 0.2) is 36.8 Å². The molecule has 96 valence electrons. The van der Waals surface area contributed by atoms with Crippen LogP contribution < -0.4 is 10.5 Å². The molecule has 0 saturated carbocycles. The highest BCUT2D eigenvalue weighted by Gasteiger charge is 2.03. The van der Waals surface area contributed by atoms with Crippen molar-refractivity contribution in [3.63, 3.8) is 0 Å². The van der Waals surface area contributed by atoms with Crippen LogP contribution in [0.25, 0.3) is 0 Å². The summed E-state index contributed by atoms with van der Waals surface area (Å²) in [5, 5.41) is 0. The Hall–Kier alpha value is -1.81. The van der Waals surface area contributed by atoms with Crippen molar-refractivity contribution >= 4 is 0 Å². The SMILES string of the molecule is COc1cccc(Cn2cnc(CC(C)N)c2)c1. The first-order chi connectivity index (χ1) is 8.67. The van der Waals surface area contributed by atoms with Crippen LogP contribution >= 0.6 is 0 Å². The quantitative estimate of drug-likeness (QED) is 0.874. The third-order valence-electron chi connectivity index (χ3n) is 2.72. The standard InChI is InChI=1S/C14H19N3O/c1-11(15)6-13-9-17(10-16-13)8-12-4-3-5-14(7-12)18-2/h3-5,7,9-11H,6,8,15H2,1-2H3. The van der Waals surface area contributed by atoms with Gasteiger partial charge in [-0.2, -0.15) is 0 Å². The van der Waals surface area contributed by atoms with E-state index in [0.717, 1.165) is 24.4 Å². The molecule has 2 N–H and O–H groups in total. The molecule has 0 spiro atoms. The van der Waals surface area contributed by atoms with E-state index in [4.69, 9.17) is 10.5 Å². The number of rotatable bonds is 5. The van der Waals surface area contributed by atoms with Crippen LogP contribution in [-0.2, 0) is 13.0 Å². The van der Waals surface area contributed by atoms with Crippen LogP contribution in [0.1, 0.15) is 18.2 Å². The van der Waals surface area contributed by atoms with Crippen molar-refractivity contribution in [2.24, 2.45) is 5.73 Å². The van der Waals surface area contributed by atoms with Crippen molar-refractivity contribution in [1.29, 1.82) is 0 Å². The van der Waals surface area contributed by atoms with Crippen LogP contribution in [-0.4, -0.2) is 22.7 Å². The van der Waals surface area contributed by atoms with Crippen LogP contribution in [0.3, 0.4) is 0 Å². The molecule has 1 atom stereocenters. The maximum Gasteiger partial charge on any atom is 0.119 e. The molecular formula is C14H19N3O. The van der Waals surface area contributed by atoms with Gasteiger partial charge in [0.25, 0.3) is 0 Å². The molecule has 1 aromatic heterocycles. The van der Waals surface area contributed by atoms with E-state index in [1.54, 1.807) is 7.11 Å². The molecule has 0 fully saturated rings. The van der Waals surface area contributed by atoms with E-state index < -0.39 is 0 Å². The predicted octanol–water partition coefficient (Wildman–Crippen LogP) is 1.83. The highest BCUT2D eigenvalue weighted by Crippen LogP contribution is 2.13. The van der Waals surface area contributed by atoms with E-state index in [1.165, 1.54) is 5.56 Å². The normalized spacial score (nSPS) is 12.4. The zero-order valence-corrected chi connectivity index (χ0v) is 10.8. The molecule has 0 amide bonds. The Balaban J connectivity index is 2.06. The van der Waals surface area contributed by atoms with Crippen molar-refractivity contribution < 1.29 is 4.74 Å². The number of hydrogen-bond acceptors (Lipinski definition) is 3. The smallest absolute Gasteiger partial charge is 0.119 e. The Labute approximate surface area is 107 Å². The van der Waals surface area contributed by atoms with Crippen LogP contribution in [0, 0.1) is 0 Å². The van der Waals surface area contributed by atoms with Gasteiger partial charge >= 0.3 is 0 Å². The summed E-state index contributed by atoms with van der Waals surface area (Å²) in [7, 11) is 1.68. The molecule has 4 heteroatoms. The Morgan fingerprint density at radius 1 is 1.44 bits per heavy atom. The summed E-state index contributed by atoms with van der Waals surface area (Å²) in [5.41, 5.74) is 7.99. The molecule has 18 heavy (non-hydrogen) atoms. The summed E-state index contributed by atoms with van der Waals surface area (Å²) in [6.07, 6.45) is 4.70. The van der Waals surface area contributed by atoms with Crippen LogP contribution in [0.5, 0.6) is 5.75 Å². The highest BCUT2D eigenvalue weighted by atomic mass is 16.5. The number of imidazole rings is 1. The van der Waals surface area contributed by atoms with Gasteiger partial charge < -0.3 is 15.0 Å². The van der Waals surface area contributed by atoms with Gasteiger partial charge in [0.05, 0.1) is 19.1 Å². The third kappa shape index (κ3) is 3.34. The molecule has 2 aromatic rings. The first-order valence-corrected chi connectivity index (χ1v) is 6.06. The summed E-state index contributed by atoms with van der Waals surface area (Å²) in [5.74, 6) is 0.878. The lowest BCUT2D eigenvalue weighted by molar-refractivity contribution is 0.414. The summed E-state index contributed by atoms with van der Waals surface area (Å²) < 4.78 is 7.27. The molecule has 0 aliphatic carbocycles. The fourth-order valence-electron chi connectivity index (χ4n) is 1.91.